The van der Waals surface area contributed by atoms with Gasteiger partial charge in [-0.1, -0.05) is 0 Å². The van der Waals surface area contributed by atoms with Crippen LogP contribution in [0.25, 0.3) is 0 Å². The van der Waals surface area contributed by atoms with Crippen molar-refractivity contribution in [1.29, 1.82) is 0 Å². The van der Waals surface area contributed by atoms with Crippen LogP contribution in [0.15, 0.2) is 10.3 Å². The van der Waals surface area contributed by atoms with Crippen LogP contribution in [0.2, 0.25) is 0 Å². The molecule has 3 rings (SSSR count). The van der Waals surface area contributed by atoms with E-state index in [1.54, 1.807) is 4.31 Å². The highest BCUT2D eigenvalue weighted by molar-refractivity contribution is 7.89. The molecule has 1 aromatic heterocycles. The molecule has 2 fully saturated rings. The van der Waals surface area contributed by atoms with Gasteiger partial charge in [-0.05, 0) is 49.5 Å². The number of sulfonamides is 1. The molecule has 2 aliphatic rings. The van der Waals surface area contributed by atoms with Gasteiger partial charge in [0.25, 0.3) is 0 Å². The summed E-state index contributed by atoms with van der Waals surface area (Å²) in [4.78, 5) is 0.923. The Hall–Kier alpha value is -0.430. The lowest BCUT2D eigenvalue weighted by molar-refractivity contribution is 0.282. The summed E-state index contributed by atoms with van der Waals surface area (Å²) in [5.41, 5.74) is 0.760. The molecule has 4 nitrogen and oxygen atoms in total. The molecule has 0 atom stereocenters. The van der Waals surface area contributed by atoms with Crippen molar-refractivity contribution in [1.82, 2.24) is 4.31 Å². The number of hydrogen-bond donors (Lipinski definition) is 1. The minimum atomic E-state index is -3.44. The van der Waals surface area contributed by atoms with Crippen molar-refractivity contribution in [3.63, 3.8) is 0 Å². The van der Waals surface area contributed by atoms with Gasteiger partial charge < -0.3 is 5.11 Å². The summed E-state index contributed by atoms with van der Waals surface area (Å²) in [7, 11) is -3.44. The van der Waals surface area contributed by atoms with Gasteiger partial charge in [0.1, 0.15) is 4.90 Å². The first-order valence-corrected chi connectivity index (χ1v) is 9.05. The van der Waals surface area contributed by atoms with Gasteiger partial charge in [0.15, 0.2) is 0 Å². The predicted molar refractivity (Wildman–Crippen MR) is 74.6 cm³/mol. The maximum Gasteiger partial charge on any atom is 0.244 e. The van der Waals surface area contributed by atoms with E-state index < -0.39 is 10.0 Å². The molecule has 0 aromatic carbocycles. The third kappa shape index (κ3) is 2.59. The van der Waals surface area contributed by atoms with Crippen LogP contribution < -0.4 is 0 Å². The average molecular weight is 301 g/mol. The zero-order valence-corrected chi connectivity index (χ0v) is 12.6. The third-order valence-corrected chi connectivity index (χ3v) is 7.16. The lowest BCUT2D eigenvalue weighted by Gasteiger charge is -2.22. The molecule has 0 unspecified atom stereocenters. The lowest BCUT2D eigenvalue weighted by atomic mass is 10.3. The zero-order chi connectivity index (χ0) is 13.6. The van der Waals surface area contributed by atoms with E-state index in [1.807, 2.05) is 12.3 Å². The molecule has 2 aliphatic carbocycles. The zero-order valence-electron chi connectivity index (χ0n) is 11.0. The van der Waals surface area contributed by atoms with E-state index in [0.717, 1.165) is 31.2 Å². The molecule has 1 heterocycles. The predicted octanol–water partition coefficient (Wildman–Crippen LogP) is 2.11. The fourth-order valence-electron chi connectivity index (χ4n) is 2.42. The topological polar surface area (TPSA) is 57.6 Å². The van der Waals surface area contributed by atoms with E-state index in [9.17, 15) is 13.5 Å². The summed E-state index contributed by atoms with van der Waals surface area (Å²) in [5.74, 6) is 0.548. The molecule has 6 heteroatoms. The summed E-state index contributed by atoms with van der Waals surface area (Å²) in [6.07, 6.45) is 4.25. The second-order valence-corrected chi connectivity index (χ2v) is 8.37. The van der Waals surface area contributed by atoms with E-state index in [-0.39, 0.29) is 12.6 Å². The van der Waals surface area contributed by atoms with Crippen LogP contribution in [0.3, 0.4) is 0 Å². The molecule has 0 saturated heterocycles. The summed E-state index contributed by atoms with van der Waals surface area (Å²) >= 11 is 1.33. The molecule has 106 valence electrons. The molecule has 2 saturated carbocycles. The first-order valence-electron chi connectivity index (χ1n) is 6.73. The molecule has 0 aliphatic heterocycles. The molecular weight excluding hydrogens is 282 g/mol. The van der Waals surface area contributed by atoms with Crippen molar-refractivity contribution in [3.05, 3.63) is 15.8 Å². The number of aliphatic hydroxyl groups excluding tert-OH is 1. The van der Waals surface area contributed by atoms with Crippen LogP contribution in [0.5, 0.6) is 0 Å². The Morgan fingerprint density at radius 1 is 1.37 bits per heavy atom. The lowest BCUT2D eigenvalue weighted by Crippen LogP contribution is -2.35. The summed E-state index contributed by atoms with van der Waals surface area (Å²) < 4.78 is 27.4. The Bertz CT molecular complexity index is 571. The summed E-state index contributed by atoms with van der Waals surface area (Å²) in [5, 5.41) is 11.2. The second kappa shape index (κ2) is 4.84. The number of aliphatic hydroxyl groups is 1. The molecule has 1 N–H and O–H groups in total. The molecular formula is C13H19NO3S2. The van der Waals surface area contributed by atoms with Gasteiger partial charge >= 0.3 is 0 Å². The molecule has 1 aromatic rings. The Morgan fingerprint density at radius 2 is 2.05 bits per heavy atom. The quantitative estimate of drug-likeness (QED) is 0.875. The smallest absolute Gasteiger partial charge is 0.244 e. The minimum Gasteiger partial charge on any atom is -0.391 e. The normalized spacial score (nSPS) is 20.2. The first kappa shape index (κ1) is 13.5. The Morgan fingerprint density at radius 3 is 2.58 bits per heavy atom. The number of rotatable bonds is 6. The number of nitrogens with zero attached hydrogens (tertiary/aromatic N) is 1. The SMILES string of the molecule is Cc1csc(CO)c1S(=O)(=O)N(CC1CC1)C1CC1. The molecule has 0 amide bonds. The van der Waals surface area contributed by atoms with Gasteiger partial charge in [0.2, 0.25) is 10.0 Å². The monoisotopic (exact) mass is 301 g/mol. The first-order chi connectivity index (χ1) is 9.04. The fraction of sp³-hybridized carbons (Fsp3) is 0.692. The largest absolute Gasteiger partial charge is 0.391 e. The van der Waals surface area contributed by atoms with Gasteiger partial charge in [0, 0.05) is 12.6 Å². The van der Waals surface area contributed by atoms with E-state index in [1.165, 1.54) is 11.3 Å². The highest BCUT2D eigenvalue weighted by Crippen LogP contribution is 2.40. The fourth-order valence-corrected chi connectivity index (χ4v) is 5.80. The van der Waals surface area contributed by atoms with Crippen molar-refractivity contribution in [3.8, 4) is 0 Å². The van der Waals surface area contributed by atoms with Crippen LogP contribution in [0.1, 0.15) is 36.1 Å². The van der Waals surface area contributed by atoms with E-state index in [0.29, 0.717) is 22.2 Å². The van der Waals surface area contributed by atoms with Crippen molar-refractivity contribution >= 4 is 21.4 Å². The van der Waals surface area contributed by atoms with Crippen LogP contribution in [-0.2, 0) is 16.6 Å². The Labute approximate surface area is 118 Å². The molecule has 0 spiro atoms. The maximum absolute atomic E-state index is 12.9. The van der Waals surface area contributed by atoms with E-state index in [2.05, 4.69) is 0 Å². The number of thiophene rings is 1. The second-order valence-electron chi connectivity index (χ2n) is 5.58. The molecule has 19 heavy (non-hydrogen) atoms. The summed E-state index contributed by atoms with van der Waals surface area (Å²) in [6.45, 7) is 2.27. The van der Waals surface area contributed by atoms with Crippen molar-refractivity contribution in [2.45, 2.75) is 50.2 Å². The van der Waals surface area contributed by atoms with E-state index in [4.69, 9.17) is 0 Å². The van der Waals surface area contributed by atoms with Crippen molar-refractivity contribution in [2.75, 3.05) is 6.54 Å². The Kier molecular flexibility index (Phi) is 3.45. The van der Waals surface area contributed by atoms with Gasteiger partial charge in [0.05, 0.1) is 11.5 Å². The third-order valence-electron chi connectivity index (χ3n) is 3.79. The van der Waals surface area contributed by atoms with Gasteiger partial charge in [-0.2, -0.15) is 4.31 Å². The highest BCUT2D eigenvalue weighted by atomic mass is 32.2. The van der Waals surface area contributed by atoms with Gasteiger partial charge in [-0.15, -0.1) is 11.3 Å². The van der Waals surface area contributed by atoms with Crippen LogP contribution in [0.4, 0.5) is 0 Å². The van der Waals surface area contributed by atoms with Crippen molar-refractivity contribution < 1.29 is 13.5 Å². The maximum atomic E-state index is 12.9. The van der Waals surface area contributed by atoms with Crippen LogP contribution in [-0.4, -0.2) is 30.4 Å². The molecule has 0 radical (unpaired) electrons. The van der Waals surface area contributed by atoms with Crippen LogP contribution >= 0.6 is 11.3 Å². The van der Waals surface area contributed by atoms with Crippen molar-refractivity contribution in [2.24, 2.45) is 5.92 Å². The molecule has 0 bridgehead atoms. The number of aryl methyl sites for hydroxylation is 1. The summed E-state index contributed by atoms with van der Waals surface area (Å²) in [6, 6.07) is 0.191. The Balaban J connectivity index is 1.96. The van der Waals surface area contributed by atoms with Gasteiger partial charge in [-0.25, -0.2) is 8.42 Å². The van der Waals surface area contributed by atoms with Gasteiger partial charge in [-0.3, -0.25) is 0 Å². The minimum absolute atomic E-state index is 0.191. The van der Waals surface area contributed by atoms with E-state index >= 15 is 0 Å². The number of hydrogen-bond acceptors (Lipinski definition) is 4. The highest BCUT2D eigenvalue weighted by Gasteiger charge is 2.42. The van der Waals surface area contributed by atoms with Crippen LogP contribution in [0, 0.1) is 12.8 Å². The standard InChI is InChI=1S/C13H19NO3S2/c1-9-8-18-12(7-15)13(9)19(16,17)14(11-4-5-11)6-10-2-3-10/h8,10-11,15H,2-7H2,1H3. The average Bonchev–Trinajstić information content (AvgIpc) is 3.24.